The van der Waals surface area contributed by atoms with Crippen LogP contribution in [-0.2, 0) is 9.59 Å². The van der Waals surface area contributed by atoms with Crippen LogP contribution in [0.25, 0.3) is 0 Å². The number of hydrogen-bond donors (Lipinski definition) is 2. The lowest BCUT2D eigenvalue weighted by molar-refractivity contribution is -0.126. The van der Waals surface area contributed by atoms with Gasteiger partial charge in [-0.1, -0.05) is 32.0 Å². The highest BCUT2D eigenvalue weighted by Gasteiger charge is 2.18. The number of nitrogens with two attached hydrogens (primary N) is 1. The van der Waals surface area contributed by atoms with Crippen LogP contribution in [0.3, 0.4) is 0 Å². The molecule has 106 valence electrons. The Morgan fingerprint density at radius 2 is 1.79 bits per heavy atom. The van der Waals surface area contributed by atoms with Crippen LogP contribution in [0.1, 0.15) is 26.7 Å². The van der Waals surface area contributed by atoms with E-state index in [2.05, 4.69) is 5.32 Å². The number of nitrogens with one attached hydrogen (secondary N) is 1. The summed E-state index contributed by atoms with van der Waals surface area (Å²) in [6.07, 6.45) is 0.445. The lowest BCUT2D eigenvalue weighted by Crippen LogP contribution is -2.34. The number of carbonyl (C=O) groups excluding carboxylic acids is 2. The molecule has 0 aliphatic carbocycles. The molecule has 4 nitrogen and oxygen atoms in total. The zero-order chi connectivity index (χ0) is 13.5. The minimum absolute atomic E-state index is 0. The fourth-order valence-corrected chi connectivity index (χ4v) is 1.66. The largest absolute Gasteiger partial charge is 0.326 e. The second-order valence-electron chi connectivity index (χ2n) is 4.79. The molecule has 1 rings (SSSR count). The fourth-order valence-electron chi connectivity index (χ4n) is 1.66. The van der Waals surface area contributed by atoms with Gasteiger partial charge in [0.05, 0.1) is 12.5 Å². The predicted molar refractivity (Wildman–Crippen MR) is 79.4 cm³/mol. The molecule has 19 heavy (non-hydrogen) atoms. The SMILES string of the molecule is CC(C)C[C@H](N)C(=O)CC(=O)Nc1ccccc1.Cl. The van der Waals surface area contributed by atoms with Gasteiger partial charge in [0.2, 0.25) is 5.91 Å². The van der Waals surface area contributed by atoms with E-state index in [9.17, 15) is 9.59 Å². The Bertz CT molecular complexity index is 407. The normalized spacial score (nSPS) is 11.6. The standard InChI is InChI=1S/C14H20N2O2.ClH/c1-10(2)8-12(15)13(17)9-14(18)16-11-6-4-3-5-7-11;/h3-7,10,12H,8-9,15H2,1-2H3,(H,16,18);1H/t12-;/m0./s1. The van der Waals surface area contributed by atoms with Gasteiger partial charge in [0, 0.05) is 5.69 Å². The molecule has 1 aromatic rings. The van der Waals surface area contributed by atoms with Crippen molar-refractivity contribution in [3.63, 3.8) is 0 Å². The van der Waals surface area contributed by atoms with Gasteiger partial charge in [0.1, 0.15) is 0 Å². The Labute approximate surface area is 120 Å². The molecule has 1 atom stereocenters. The number of carbonyl (C=O) groups is 2. The van der Waals surface area contributed by atoms with Crippen molar-refractivity contribution >= 4 is 29.8 Å². The quantitative estimate of drug-likeness (QED) is 0.788. The van der Waals surface area contributed by atoms with Crippen molar-refractivity contribution in [1.82, 2.24) is 0 Å². The number of anilines is 1. The van der Waals surface area contributed by atoms with Crippen LogP contribution in [0, 0.1) is 5.92 Å². The molecule has 0 heterocycles. The summed E-state index contributed by atoms with van der Waals surface area (Å²) in [4.78, 5) is 23.3. The second kappa shape index (κ2) is 8.67. The fraction of sp³-hybridized carbons (Fsp3) is 0.429. The summed E-state index contributed by atoms with van der Waals surface area (Å²) < 4.78 is 0. The summed E-state index contributed by atoms with van der Waals surface area (Å²) in [5.41, 5.74) is 6.42. The first-order chi connectivity index (χ1) is 8.49. The third-order valence-corrected chi connectivity index (χ3v) is 2.53. The van der Waals surface area contributed by atoms with Crippen LogP contribution in [0.5, 0.6) is 0 Å². The summed E-state index contributed by atoms with van der Waals surface area (Å²) >= 11 is 0. The average molecular weight is 285 g/mol. The smallest absolute Gasteiger partial charge is 0.231 e. The van der Waals surface area contributed by atoms with Gasteiger partial charge in [0.15, 0.2) is 5.78 Å². The molecular weight excluding hydrogens is 264 g/mol. The molecule has 0 spiro atoms. The number of para-hydroxylation sites is 1. The van der Waals surface area contributed by atoms with Crippen molar-refractivity contribution in [2.75, 3.05) is 5.32 Å². The second-order valence-corrected chi connectivity index (χ2v) is 4.79. The number of Topliss-reactive ketones (excluding diaryl/α,β-unsaturated/α-hetero) is 1. The van der Waals surface area contributed by atoms with Gasteiger partial charge in [-0.25, -0.2) is 0 Å². The minimum atomic E-state index is -0.550. The van der Waals surface area contributed by atoms with Crippen LogP contribution in [0.4, 0.5) is 5.69 Å². The Morgan fingerprint density at radius 3 is 2.32 bits per heavy atom. The highest BCUT2D eigenvalue weighted by molar-refractivity contribution is 6.05. The van der Waals surface area contributed by atoms with Crippen molar-refractivity contribution in [3.8, 4) is 0 Å². The van der Waals surface area contributed by atoms with Gasteiger partial charge < -0.3 is 11.1 Å². The molecule has 0 unspecified atom stereocenters. The third-order valence-electron chi connectivity index (χ3n) is 2.53. The van der Waals surface area contributed by atoms with E-state index in [0.717, 1.165) is 0 Å². The summed E-state index contributed by atoms with van der Waals surface area (Å²) in [5, 5.41) is 2.67. The summed E-state index contributed by atoms with van der Waals surface area (Å²) in [6.45, 7) is 3.99. The van der Waals surface area contributed by atoms with Gasteiger partial charge in [-0.3, -0.25) is 9.59 Å². The Kier molecular flexibility index (Phi) is 8.03. The molecule has 0 saturated carbocycles. The zero-order valence-electron chi connectivity index (χ0n) is 11.3. The molecule has 3 N–H and O–H groups in total. The van der Waals surface area contributed by atoms with E-state index in [0.29, 0.717) is 18.0 Å². The summed E-state index contributed by atoms with van der Waals surface area (Å²) in [5.74, 6) is -0.177. The maximum absolute atomic E-state index is 11.7. The number of rotatable bonds is 6. The maximum atomic E-state index is 11.7. The average Bonchev–Trinajstić information content (AvgIpc) is 2.29. The number of halogens is 1. The van der Waals surface area contributed by atoms with Crippen molar-refractivity contribution in [1.29, 1.82) is 0 Å². The van der Waals surface area contributed by atoms with E-state index in [4.69, 9.17) is 5.73 Å². The summed E-state index contributed by atoms with van der Waals surface area (Å²) in [7, 11) is 0. The van der Waals surface area contributed by atoms with E-state index in [-0.39, 0.29) is 30.5 Å². The Morgan fingerprint density at radius 1 is 1.21 bits per heavy atom. The van der Waals surface area contributed by atoms with E-state index in [1.165, 1.54) is 0 Å². The topological polar surface area (TPSA) is 72.2 Å². The van der Waals surface area contributed by atoms with Gasteiger partial charge in [0.25, 0.3) is 0 Å². The first-order valence-electron chi connectivity index (χ1n) is 6.12. The van der Waals surface area contributed by atoms with E-state index in [1.807, 2.05) is 32.0 Å². The molecule has 0 fully saturated rings. The van der Waals surface area contributed by atoms with Crippen LogP contribution < -0.4 is 11.1 Å². The Balaban J connectivity index is 0.00000324. The number of amides is 1. The predicted octanol–water partition coefficient (Wildman–Crippen LogP) is 2.38. The van der Waals surface area contributed by atoms with Gasteiger partial charge >= 0.3 is 0 Å². The van der Waals surface area contributed by atoms with Crippen molar-refractivity contribution in [2.24, 2.45) is 11.7 Å². The molecule has 0 aliphatic heterocycles. The van der Waals surface area contributed by atoms with Crippen LogP contribution >= 0.6 is 12.4 Å². The highest BCUT2D eigenvalue weighted by atomic mass is 35.5. The highest BCUT2D eigenvalue weighted by Crippen LogP contribution is 2.08. The number of ketones is 1. The van der Waals surface area contributed by atoms with Gasteiger partial charge in [-0.05, 0) is 24.5 Å². The molecule has 1 aromatic carbocycles. The third kappa shape index (κ3) is 6.94. The van der Waals surface area contributed by atoms with Gasteiger partial charge in [-0.15, -0.1) is 12.4 Å². The van der Waals surface area contributed by atoms with E-state index in [1.54, 1.807) is 12.1 Å². The van der Waals surface area contributed by atoms with Crippen molar-refractivity contribution in [3.05, 3.63) is 30.3 Å². The van der Waals surface area contributed by atoms with Crippen LogP contribution in [-0.4, -0.2) is 17.7 Å². The molecule has 5 heteroatoms. The van der Waals surface area contributed by atoms with Crippen LogP contribution in [0.15, 0.2) is 30.3 Å². The van der Waals surface area contributed by atoms with Crippen molar-refractivity contribution < 1.29 is 9.59 Å². The molecule has 1 amide bonds. The zero-order valence-corrected chi connectivity index (χ0v) is 12.1. The molecule has 0 saturated heterocycles. The van der Waals surface area contributed by atoms with E-state index < -0.39 is 6.04 Å². The molecule has 0 aliphatic rings. The lowest BCUT2D eigenvalue weighted by Gasteiger charge is -2.12. The first-order valence-corrected chi connectivity index (χ1v) is 6.12. The first kappa shape index (κ1) is 17.6. The number of hydrogen-bond acceptors (Lipinski definition) is 3. The van der Waals surface area contributed by atoms with Crippen LogP contribution in [0.2, 0.25) is 0 Å². The maximum Gasteiger partial charge on any atom is 0.231 e. The molecule has 0 radical (unpaired) electrons. The van der Waals surface area contributed by atoms with Crippen molar-refractivity contribution in [2.45, 2.75) is 32.7 Å². The number of benzene rings is 1. The minimum Gasteiger partial charge on any atom is -0.326 e. The van der Waals surface area contributed by atoms with Gasteiger partial charge in [-0.2, -0.15) is 0 Å². The van der Waals surface area contributed by atoms with E-state index >= 15 is 0 Å². The molecule has 0 aromatic heterocycles. The molecular formula is C14H21ClN2O2. The summed E-state index contributed by atoms with van der Waals surface area (Å²) in [6, 6.07) is 8.50. The Hall–Kier alpha value is -1.39. The lowest BCUT2D eigenvalue weighted by atomic mass is 9.99. The monoisotopic (exact) mass is 284 g/mol. The molecule has 0 bridgehead atoms.